The van der Waals surface area contributed by atoms with Gasteiger partial charge in [-0.1, -0.05) is 68.1 Å². The number of aromatic nitrogens is 3. The van der Waals surface area contributed by atoms with E-state index in [0.717, 1.165) is 29.3 Å². The monoisotopic (exact) mass is 446 g/mol. The Bertz CT molecular complexity index is 1140. The van der Waals surface area contributed by atoms with E-state index in [-0.39, 0.29) is 11.7 Å². The predicted octanol–water partition coefficient (Wildman–Crippen LogP) is 5.83. The first kappa shape index (κ1) is 21.9. The van der Waals surface area contributed by atoms with Crippen molar-refractivity contribution in [3.05, 3.63) is 84.3 Å². The van der Waals surface area contributed by atoms with Crippen LogP contribution in [0.4, 0.5) is 5.69 Å². The molecule has 164 valence electrons. The highest BCUT2D eigenvalue weighted by Gasteiger charge is 2.17. The minimum Gasteiger partial charge on any atom is -0.467 e. The first-order valence-corrected chi connectivity index (χ1v) is 11.7. The number of hydrogen-bond acceptors (Lipinski definition) is 5. The summed E-state index contributed by atoms with van der Waals surface area (Å²) in [7, 11) is 0. The van der Waals surface area contributed by atoms with Gasteiger partial charge in [0.2, 0.25) is 5.91 Å². The lowest BCUT2D eigenvalue weighted by atomic mass is 9.99. The van der Waals surface area contributed by atoms with Gasteiger partial charge in [-0.25, -0.2) is 0 Å². The lowest BCUT2D eigenvalue weighted by Gasteiger charge is -2.11. The molecule has 0 saturated carbocycles. The molecule has 0 aliphatic carbocycles. The summed E-state index contributed by atoms with van der Waals surface area (Å²) in [5.74, 6) is 2.20. The van der Waals surface area contributed by atoms with Crippen molar-refractivity contribution in [1.82, 2.24) is 14.8 Å². The van der Waals surface area contributed by atoms with Gasteiger partial charge >= 0.3 is 0 Å². The Labute approximate surface area is 192 Å². The molecular weight excluding hydrogens is 420 g/mol. The van der Waals surface area contributed by atoms with Crippen LogP contribution in [0.3, 0.4) is 0 Å². The van der Waals surface area contributed by atoms with Crippen LogP contribution in [0.1, 0.15) is 37.5 Å². The van der Waals surface area contributed by atoms with Crippen molar-refractivity contribution >= 4 is 23.4 Å². The minimum atomic E-state index is -0.0832. The average Bonchev–Trinajstić information content (AvgIpc) is 3.49. The molecule has 32 heavy (non-hydrogen) atoms. The maximum atomic E-state index is 12.6. The van der Waals surface area contributed by atoms with Crippen molar-refractivity contribution < 1.29 is 9.21 Å². The van der Waals surface area contributed by atoms with Crippen LogP contribution in [0.5, 0.6) is 0 Å². The zero-order valence-electron chi connectivity index (χ0n) is 18.2. The second-order valence-corrected chi connectivity index (χ2v) is 8.55. The summed E-state index contributed by atoms with van der Waals surface area (Å²) < 4.78 is 7.51. The molecule has 0 fully saturated rings. The summed E-state index contributed by atoms with van der Waals surface area (Å²) in [6.45, 7) is 4.86. The number of nitrogens with one attached hydrogen (secondary N) is 1. The molecule has 0 radical (unpaired) electrons. The standard InChI is InChI=1S/C25H26N4O2S/c1-3-18(2)19-11-13-21(14-12-19)26-23(30)17-32-25-28-27-24(20-8-5-4-6-9-20)29(25)16-22-10-7-15-31-22/h4-15,18H,3,16-17H2,1-2H3,(H,26,30). The van der Waals surface area contributed by atoms with E-state index in [1.54, 1.807) is 6.26 Å². The summed E-state index contributed by atoms with van der Waals surface area (Å²) in [5, 5.41) is 12.4. The van der Waals surface area contributed by atoms with Crippen molar-refractivity contribution in [3.63, 3.8) is 0 Å². The quantitative estimate of drug-likeness (QED) is 0.327. The number of nitrogens with zero attached hydrogens (tertiary/aromatic N) is 3. The molecule has 6 nitrogen and oxygen atoms in total. The van der Waals surface area contributed by atoms with Gasteiger partial charge < -0.3 is 9.73 Å². The van der Waals surface area contributed by atoms with Gasteiger partial charge in [0.25, 0.3) is 0 Å². The Balaban J connectivity index is 1.45. The van der Waals surface area contributed by atoms with E-state index in [1.807, 2.05) is 59.2 Å². The fourth-order valence-electron chi connectivity index (χ4n) is 3.36. The highest BCUT2D eigenvalue weighted by molar-refractivity contribution is 7.99. The van der Waals surface area contributed by atoms with Gasteiger partial charge in [0.15, 0.2) is 11.0 Å². The van der Waals surface area contributed by atoms with E-state index in [9.17, 15) is 4.79 Å². The Morgan fingerprint density at radius 3 is 2.53 bits per heavy atom. The van der Waals surface area contributed by atoms with E-state index in [2.05, 4.69) is 41.5 Å². The van der Waals surface area contributed by atoms with Crippen molar-refractivity contribution in [2.45, 2.75) is 37.9 Å². The minimum absolute atomic E-state index is 0.0832. The number of carbonyl (C=O) groups excluding carboxylic acids is 1. The van der Waals surface area contributed by atoms with Gasteiger partial charge in [-0.2, -0.15) is 0 Å². The number of hydrogen-bond donors (Lipinski definition) is 1. The number of anilines is 1. The van der Waals surface area contributed by atoms with Gasteiger partial charge in [0, 0.05) is 11.3 Å². The molecule has 0 aliphatic rings. The average molecular weight is 447 g/mol. The molecule has 0 spiro atoms. The van der Waals surface area contributed by atoms with E-state index in [4.69, 9.17) is 4.42 Å². The lowest BCUT2D eigenvalue weighted by molar-refractivity contribution is -0.113. The predicted molar refractivity (Wildman–Crippen MR) is 128 cm³/mol. The number of thioether (sulfide) groups is 1. The molecule has 4 rings (SSSR count). The number of furan rings is 1. The van der Waals surface area contributed by atoms with Crippen molar-refractivity contribution in [1.29, 1.82) is 0 Å². The van der Waals surface area contributed by atoms with Gasteiger partial charge in [-0.05, 0) is 42.2 Å². The van der Waals surface area contributed by atoms with Crippen LogP contribution in [0.25, 0.3) is 11.4 Å². The number of carbonyl (C=O) groups is 1. The zero-order chi connectivity index (χ0) is 22.3. The van der Waals surface area contributed by atoms with E-state index in [0.29, 0.717) is 17.6 Å². The van der Waals surface area contributed by atoms with E-state index in [1.165, 1.54) is 17.3 Å². The molecule has 2 heterocycles. The molecule has 0 saturated heterocycles. The number of amides is 1. The number of rotatable bonds is 9. The molecule has 7 heteroatoms. The molecule has 1 atom stereocenters. The first-order valence-electron chi connectivity index (χ1n) is 10.7. The van der Waals surface area contributed by atoms with Crippen molar-refractivity contribution in [2.24, 2.45) is 0 Å². The summed E-state index contributed by atoms with van der Waals surface area (Å²) in [6.07, 6.45) is 2.74. The van der Waals surface area contributed by atoms with E-state index < -0.39 is 0 Å². The molecule has 1 unspecified atom stereocenters. The molecule has 0 bridgehead atoms. The van der Waals surface area contributed by atoms with E-state index >= 15 is 0 Å². The Morgan fingerprint density at radius 1 is 1.06 bits per heavy atom. The number of benzene rings is 2. The third-order valence-electron chi connectivity index (χ3n) is 5.35. The van der Waals surface area contributed by atoms with Crippen LogP contribution < -0.4 is 5.32 Å². The molecule has 1 N–H and O–H groups in total. The molecule has 4 aromatic rings. The third kappa shape index (κ3) is 5.29. The van der Waals surface area contributed by atoms with Gasteiger partial charge in [-0.3, -0.25) is 9.36 Å². The van der Waals surface area contributed by atoms with Crippen LogP contribution in [-0.2, 0) is 11.3 Å². The maximum absolute atomic E-state index is 12.6. The normalized spacial score (nSPS) is 11.9. The topological polar surface area (TPSA) is 73.0 Å². The lowest BCUT2D eigenvalue weighted by Crippen LogP contribution is -2.15. The molecule has 2 aromatic heterocycles. The van der Waals surface area contributed by atoms with Crippen LogP contribution in [0.15, 0.2) is 82.6 Å². The maximum Gasteiger partial charge on any atom is 0.234 e. The fourth-order valence-corrected chi connectivity index (χ4v) is 4.09. The second-order valence-electron chi connectivity index (χ2n) is 7.61. The summed E-state index contributed by atoms with van der Waals surface area (Å²) >= 11 is 1.36. The van der Waals surface area contributed by atoms with Crippen LogP contribution in [-0.4, -0.2) is 26.4 Å². The smallest absolute Gasteiger partial charge is 0.234 e. The van der Waals surface area contributed by atoms with Crippen LogP contribution in [0, 0.1) is 0 Å². The van der Waals surface area contributed by atoms with Gasteiger partial charge in [0.1, 0.15) is 5.76 Å². The Kier molecular flexibility index (Phi) is 7.07. The molecule has 2 aromatic carbocycles. The fraction of sp³-hybridized carbons (Fsp3) is 0.240. The first-order chi connectivity index (χ1) is 15.6. The summed E-state index contributed by atoms with van der Waals surface area (Å²) in [4.78, 5) is 12.6. The van der Waals surface area contributed by atoms with Crippen molar-refractivity contribution in [3.8, 4) is 11.4 Å². The van der Waals surface area contributed by atoms with Crippen LogP contribution in [0.2, 0.25) is 0 Å². The van der Waals surface area contributed by atoms with Gasteiger partial charge in [-0.15, -0.1) is 10.2 Å². The summed E-state index contributed by atoms with van der Waals surface area (Å²) in [6, 6.07) is 21.7. The molecular formula is C25H26N4O2S. The Hall–Kier alpha value is -3.32. The zero-order valence-corrected chi connectivity index (χ0v) is 19.0. The second kappa shape index (κ2) is 10.3. The molecule has 1 amide bonds. The van der Waals surface area contributed by atoms with Crippen molar-refractivity contribution in [2.75, 3.05) is 11.1 Å². The highest BCUT2D eigenvalue weighted by Crippen LogP contribution is 2.26. The van der Waals surface area contributed by atoms with Gasteiger partial charge in [0.05, 0.1) is 18.6 Å². The summed E-state index contributed by atoms with van der Waals surface area (Å²) in [5.41, 5.74) is 3.04. The largest absolute Gasteiger partial charge is 0.467 e. The SMILES string of the molecule is CCC(C)c1ccc(NC(=O)CSc2nnc(-c3ccccc3)n2Cc2ccco2)cc1. The highest BCUT2D eigenvalue weighted by atomic mass is 32.2. The van der Waals surface area contributed by atoms with Crippen LogP contribution >= 0.6 is 11.8 Å². The third-order valence-corrected chi connectivity index (χ3v) is 6.32. The molecule has 0 aliphatic heterocycles. The Morgan fingerprint density at radius 2 is 1.84 bits per heavy atom.